The first-order valence-electron chi connectivity index (χ1n) is 8.40. The van der Waals surface area contributed by atoms with Crippen molar-refractivity contribution in [2.45, 2.75) is 19.4 Å². The number of thiophene rings is 1. The Kier molecular flexibility index (Phi) is 6.20. The largest absolute Gasteiger partial charge is 0.362 e. The van der Waals surface area contributed by atoms with E-state index in [4.69, 9.17) is 12.2 Å². The minimum absolute atomic E-state index is 0.0809. The molecule has 2 N–H and O–H groups in total. The molecule has 0 fully saturated rings. The number of hydrogen-bond acceptors (Lipinski definition) is 2. The summed E-state index contributed by atoms with van der Waals surface area (Å²) in [4.78, 5) is 1.26. The first kappa shape index (κ1) is 17.6. The maximum atomic E-state index is 5.53. The number of thiocarbonyl (C=S) groups is 1. The minimum Gasteiger partial charge on any atom is -0.362 e. The first-order chi connectivity index (χ1) is 12.2. The average molecular weight is 367 g/mol. The van der Waals surface area contributed by atoms with Crippen LogP contribution in [0.3, 0.4) is 0 Å². The summed E-state index contributed by atoms with van der Waals surface area (Å²) < 4.78 is 0. The highest BCUT2D eigenvalue weighted by atomic mass is 32.1. The van der Waals surface area contributed by atoms with Gasteiger partial charge < -0.3 is 10.6 Å². The zero-order valence-corrected chi connectivity index (χ0v) is 15.9. The number of nitrogens with one attached hydrogen (secondary N) is 2. The highest BCUT2D eigenvalue weighted by Crippen LogP contribution is 2.26. The predicted octanol–water partition coefficient (Wildman–Crippen LogP) is 4.85. The number of hydrogen-bond donors (Lipinski definition) is 2. The van der Waals surface area contributed by atoms with Gasteiger partial charge in [0.25, 0.3) is 0 Å². The van der Waals surface area contributed by atoms with Crippen molar-refractivity contribution in [1.29, 1.82) is 0 Å². The van der Waals surface area contributed by atoms with Gasteiger partial charge in [-0.05, 0) is 48.1 Å². The molecular formula is C21H22N2S2. The van der Waals surface area contributed by atoms with Crippen LogP contribution >= 0.6 is 23.6 Å². The van der Waals surface area contributed by atoms with Gasteiger partial charge in [0.15, 0.2) is 5.11 Å². The molecule has 0 bridgehead atoms. The second-order valence-electron chi connectivity index (χ2n) is 5.99. The van der Waals surface area contributed by atoms with Gasteiger partial charge in [-0.3, -0.25) is 0 Å². The van der Waals surface area contributed by atoms with Crippen LogP contribution in [0.1, 0.15) is 27.6 Å². The van der Waals surface area contributed by atoms with Gasteiger partial charge in [-0.1, -0.05) is 66.2 Å². The fourth-order valence-electron chi connectivity index (χ4n) is 2.68. The lowest BCUT2D eigenvalue weighted by Crippen LogP contribution is -2.38. The van der Waals surface area contributed by atoms with Gasteiger partial charge in [0, 0.05) is 11.4 Å². The molecule has 0 saturated heterocycles. The summed E-state index contributed by atoms with van der Waals surface area (Å²) in [5.41, 5.74) is 3.80. The average Bonchev–Trinajstić information content (AvgIpc) is 3.16. The third kappa shape index (κ3) is 5.15. The zero-order chi connectivity index (χ0) is 17.5. The van der Waals surface area contributed by atoms with E-state index in [0.717, 1.165) is 13.0 Å². The maximum absolute atomic E-state index is 5.53. The van der Waals surface area contributed by atoms with Crippen molar-refractivity contribution in [2.24, 2.45) is 0 Å². The maximum Gasteiger partial charge on any atom is 0.167 e. The molecular weight excluding hydrogens is 344 g/mol. The van der Waals surface area contributed by atoms with E-state index in [1.165, 1.54) is 21.6 Å². The van der Waals surface area contributed by atoms with Crippen molar-refractivity contribution < 1.29 is 0 Å². The summed E-state index contributed by atoms with van der Waals surface area (Å²) in [6.45, 7) is 2.92. The highest BCUT2D eigenvalue weighted by Gasteiger charge is 2.16. The van der Waals surface area contributed by atoms with Gasteiger partial charge in [0.1, 0.15) is 0 Å². The molecule has 0 amide bonds. The molecule has 0 aliphatic carbocycles. The molecule has 2 aromatic carbocycles. The van der Waals surface area contributed by atoms with Gasteiger partial charge in [-0.2, -0.15) is 0 Å². The molecule has 25 heavy (non-hydrogen) atoms. The fraction of sp³-hybridized carbons (Fsp3) is 0.190. The summed E-state index contributed by atoms with van der Waals surface area (Å²) in [6.07, 6.45) is 0.955. The molecule has 1 heterocycles. The number of benzene rings is 2. The van der Waals surface area contributed by atoms with E-state index in [0.29, 0.717) is 5.11 Å². The van der Waals surface area contributed by atoms with Crippen LogP contribution in [-0.2, 0) is 6.42 Å². The molecule has 0 aliphatic heterocycles. The summed E-state index contributed by atoms with van der Waals surface area (Å²) >= 11 is 7.27. The summed E-state index contributed by atoms with van der Waals surface area (Å²) in [6, 6.07) is 23.4. The Balaban J connectivity index is 1.62. The summed E-state index contributed by atoms with van der Waals surface area (Å²) in [7, 11) is 0. The van der Waals surface area contributed by atoms with E-state index in [1.807, 2.05) is 6.07 Å². The van der Waals surface area contributed by atoms with Crippen molar-refractivity contribution in [2.75, 3.05) is 6.54 Å². The fourth-order valence-corrected chi connectivity index (χ4v) is 3.70. The SMILES string of the molecule is Cc1ccc([C@H](NC(=S)NCCc2ccccc2)c2cccs2)cc1. The Labute approximate surface area is 158 Å². The van der Waals surface area contributed by atoms with Gasteiger partial charge >= 0.3 is 0 Å². The Morgan fingerprint density at radius 2 is 1.76 bits per heavy atom. The van der Waals surface area contributed by atoms with E-state index >= 15 is 0 Å². The van der Waals surface area contributed by atoms with E-state index in [1.54, 1.807) is 11.3 Å². The third-order valence-electron chi connectivity index (χ3n) is 4.06. The highest BCUT2D eigenvalue weighted by molar-refractivity contribution is 7.80. The van der Waals surface area contributed by atoms with Crippen molar-refractivity contribution in [3.63, 3.8) is 0 Å². The molecule has 0 aliphatic rings. The van der Waals surface area contributed by atoms with Crippen molar-refractivity contribution in [1.82, 2.24) is 10.6 Å². The zero-order valence-electron chi connectivity index (χ0n) is 14.2. The standard InChI is InChI=1S/C21H22N2S2/c1-16-9-11-18(12-10-16)20(19-8-5-15-25-19)23-21(24)22-14-13-17-6-3-2-4-7-17/h2-12,15,20H,13-14H2,1H3,(H2,22,23,24)/t20-/m0/s1. The van der Waals surface area contributed by atoms with Crippen LogP contribution < -0.4 is 10.6 Å². The summed E-state index contributed by atoms with van der Waals surface area (Å²) in [5.74, 6) is 0. The van der Waals surface area contributed by atoms with Crippen LogP contribution in [0.4, 0.5) is 0 Å². The molecule has 1 atom stereocenters. The monoisotopic (exact) mass is 366 g/mol. The Hall–Kier alpha value is -2.17. The molecule has 3 rings (SSSR count). The smallest absolute Gasteiger partial charge is 0.167 e. The third-order valence-corrected chi connectivity index (χ3v) is 5.26. The molecule has 0 radical (unpaired) electrons. The van der Waals surface area contributed by atoms with Crippen molar-refractivity contribution >= 4 is 28.7 Å². The van der Waals surface area contributed by atoms with Crippen molar-refractivity contribution in [3.05, 3.63) is 93.7 Å². The van der Waals surface area contributed by atoms with E-state index < -0.39 is 0 Å². The van der Waals surface area contributed by atoms with Gasteiger partial charge in [0.2, 0.25) is 0 Å². The van der Waals surface area contributed by atoms with Crippen LogP contribution in [0.5, 0.6) is 0 Å². The van der Waals surface area contributed by atoms with Crippen LogP contribution in [0, 0.1) is 6.92 Å². The Morgan fingerprint density at radius 3 is 2.44 bits per heavy atom. The molecule has 0 spiro atoms. The molecule has 0 saturated carbocycles. The number of aryl methyl sites for hydroxylation is 1. The van der Waals surface area contributed by atoms with Crippen molar-refractivity contribution in [3.8, 4) is 0 Å². The van der Waals surface area contributed by atoms with Crippen LogP contribution in [-0.4, -0.2) is 11.7 Å². The normalized spacial score (nSPS) is 11.7. The van der Waals surface area contributed by atoms with Crippen LogP contribution in [0.25, 0.3) is 0 Å². The topological polar surface area (TPSA) is 24.1 Å². The van der Waals surface area contributed by atoms with Crippen LogP contribution in [0.15, 0.2) is 72.1 Å². The molecule has 1 aromatic heterocycles. The quantitative estimate of drug-likeness (QED) is 0.610. The molecule has 128 valence electrons. The predicted molar refractivity (Wildman–Crippen MR) is 111 cm³/mol. The molecule has 3 aromatic rings. The number of rotatable bonds is 6. The van der Waals surface area contributed by atoms with Gasteiger partial charge in [0.05, 0.1) is 6.04 Å². The molecule has 2 nitrogen and oxygen atoms in total. The Bertz CT molecular complexity index is 781. The minimum atomic E-state index is 0.0809. The van der Waals surface area contributed by atoms with E-state index in [-0.39, 0.29) is 6.04 Å². The lowest BCUT2D eigenvalue weighted by atomic mass is 10.0. The van der Waals surface area contributed by atoms with Gasteiger partial charge in [-0.25, -0.2) is 0 Å². The molecule has 4 heteroatoms. The van der Waals surface area contributed by atoms with E-state index in [9.17, 15) is 0 Å². The second kappa shape index (κ2) is 8.79. The van der Waals surface area contributed by atoms with Gasteiger partial charge in [-0.15, -0.1) is 11.3 Å². The summed E-state index contributed by atoms with van der Waals surface area (Å²) in [5, 5.41) is 9.59. The second-order valence-corrected chi connectivity index (χ2v) is 7.38. The Morgan fingerprint density at radius 1 is 1.00 bits per heavy atom. The molecule has 0 unspecified atom stereocenters. The van der Waals surface area contributed by atoms with Crippen LogP contribution in [0.2, 0.25) is 0 Å². The van der Waals surface area contributed by atoms with E-state index in [2.05, 4.69) is 83.6 Å². The lowest BCUT2D eigenvalue weighted by Gasteiger charge is -2.20. The first-order valence-corrected chi connectivity index (χ1v) is 9.69. The lowest BCUT2D eigenvalue weighted by molar-refractivity contribution is 0.744.